The van der Waals surface area contributed by atoms with Gasteiger partial charge in [-0.2, -0.15) is 0 Å². The summed E-state index contributed by atoms with van der Waals surface area (Å²) in [4.78, 5) is 30.3. The fourth-order valence-corrected chi connectivity index (χ4v) is 4.08. The van der Waals surface area contributed by atoms with Crippen LogP contribution in [0.2, 0.25) is 0 Å². The largest absolute Gasteiger partial charge is 0.480 e. The molecule has 5 nitrogen and oxygen atoms in total. The Kier molecular flexibility index (Phi) is 3.12. The number of aromatic nitrogens is 2. The average molecular weight is 292 g/mol. The number of nitrogens with zero attached hydrogens (tertiary/aromatic N) is 2. The van der Waals surface area contributed by atoms with Crippen molar-refractivity contribution < 1.29 is 9.90 Å². The normalized spacial score (nSPS) is 14.2. The number of rotatable bonds is 3. The molecule has 0 saturated heterocycles. The highest BCUT2D eigenvalue weighted by Crippen LogP contribution is 2.35. The monoisotopic (exact) mass is 292 g/mol. The van der Waals surface area contributed by atoms with E-state index in [0.717, 1.165) is 29.7 Å². The van der Waals surface area contributed by atoms with Gasteiger partial charge >= 0.3 is 5.97 Å². The zero-order valence-corrected chi connectivity index (χ0v) is 12.3. The lowest BCUT2D eigenvalue weighted by molar-refractivity contribution is -0.137. The molecule has 1 aliphatic carbocycles. The molecular weight excluding hydrogens is 276 g/mol. The predicted octanol–water partition coefficient (Wildman–Crippen LogP) is 2.15. The summed E-state index contributed by atoms with van der Waals surface area (Å²) in [6, 6.07) is 0. The number of carboxylic acids is 1. The van der Waals surface area contributed by atoms with E-state index in [2.05, 4.69) is 4.98 Å². The highest BCUT2D eigenvalue weighted by atomic mass is 32.1. The molecule has 0 amide bonds. The fraction of sp³-hybridized carbons (Fsp3) is 0.500. The second-order valence-corrected chi connectivity index (χ2v) is 6.53. The Bertz CT molecular complexity index is 758. The van der Waals surface area contributed by atoms with E-state index in [0.29, 0.717) is 11.2 Å². The van der Waals surface area contributed by atoms with Crippen LogP contribution in [0.25, 0.3) is 10.2 Å². The number of carboxylic acid groups (broad SMARTS) is 1. The lowest BCUT2D eigenvalue weighted by Crippen LogP contribution is -2.29. The Labute approximate surface area is 119 Å². The maximum absolute atomic E-state index is 12.7. The quantitative estimate of drug-likeness (QED) is 0.941. The van der Waals surface area contributed by atoms with Crippen LogP contribution < -0.4 is 5.56 Å². The molecule has 0 spiro atoms. The van der Waals surface area contributed by atoms with Crippen molar-refractivity contribution >= 4 is 27.5 Å². The van der Waals surface area contributed by atoms with Crippen LogP contribution in [-0.4, -0.2) is 20.6 Å². The molecule has 20 heavy (non-hydrogen) atoms. The first-order valence-corrected chi connectivity index (χ1v) is 7.57. The van der Waals surface area contributed by atoms with Gasteiger partial charge in [0.15, 0.2) is 0 Å². The number of aliphatic carboxylic acids is 1. The Morgan fingerprint density at radius 1 is 1.45 bits per heavy atom. The van der Waals surface area contributed by atoms with Crippen LogP contribution in [0.15, 0.2) is 4.79 Å². The van der Waals surface area contributed by atoms with Crippen LogP contribution in [0.1, 0.15) is 42.5 Å². The molecule has 0 radical (unpaired) electrons. The summed E-state index contributed by atoms with van der Waals surface area (Å²) >= 11 is 1.59. The third kappa shape index (κ3) is 1.95. The van der Waals surface area contributed by atoms with Gasteiger partial charge in [-0.1, -0.05) is 13.8 Å². The summed E-state index contributed by atoms with van der Waals surface area (Å²) in [5.41, 5.74) is 0.900. The van der Waals surface area contributed by atoms with Gasteiger partial charge in [0, 0.05) is 10.8 Å². The second-order valence-electron chi connectivity index (χ2n) is 5.45. The summed E-state index contributed by atoms with van der Waals surface area (Å²) in [7, 11) is 0. The van der Waals surface area contributed by atoms with Crippen molar-refractivity contribution in [1.29, 1.82) is 0 Å². The molecule has 0 unspecified atom stereocenters. The van der Waals surface area contributed by atoms with Gasteiger partial charge in [-0.05, 0) is 24.8 Å². The smallest absolute Gasteiger partial charge is 0.323 e. The van der Waals surface area contributed by atoms with Gasteiger partial charge in [0.1, 0.15) is 17.2 Å². The Hall–Kier alpha value is -1.69. The standard InChI is InChI=1S/C14H16N2O3S/c1-7(2)12-15-13-11(8-4-3-5-9(8)20-13)14(19)16(12)6-10(17)18/h7H,3-6H2,1-2H3,(H,17,18). The van der Waals surface area contributed by atoms with Crippen molar-refractivity contribution in [3.8, 4) is 0 Å². The predicted molar refractivity (Wildman–Crippen MR) is 77.6 cm³/mol. The summed E-state index contributed by atoms with van der Waals surface area (Å²) in [5, 5.41) is 9.68. The molecule has 2 heterocycles. The molecular formula is C14H16N2O3S. The minimum Gasteiger partial charge on any atom is -0.480 e. The van der Waals surface area contributed by atoms with E-state index < -0.39 is 5.97 Å². The molecule has 1 N–H and O–H groups in total. The number of carbonyl (C=O) groups is 1. The molecule has 1 aliphatic rings. The summed E-state index contributed by atoms with van der Waals surface area (Å²) in [6.07, 6.45) is 2.98. The van der Waals surface area contributed by atoms with Crippen LogP contribution in [0.5, 0.6) is 0 Å². The van der Waals surface area contributed by atoms with Gasteiger partial charge < -0.3 is 5.11 Å². The topological polar surface area (TPSA) is 72.2 Å². The fourth-order valence-electron chi connectivity index (χ4n) is 2.82. The van der Waals surface area contributed by atoms with Crippen LogP contribution in [-0.2, 0) is 24.2 Å². The number of hydrogen-bond donors (Lipinski definition) is 1. The Morgan fingerprint density at radius 2 is 2.20 bits per heavy atom. The average Bonchev–Trinajstić information content (AvgIpc) is 2.91. The molecule has 0 bridgehead atoms. The SMILES string of the molecule is CC(C)c1nc2sc3c(c2c(=O)n1CC(=O)O)CCC3. The van der Waals surface area contributed by atoms with Crippen molar-refractivity contribution in [2.45, 2.75) is 45.6 Å². The first-order chi connectivity index (χ1) is 9.49. The summed E-state index contributed by atoms with van der Waals surface area (Å²) < 4.78 is 1.32. The van der Waals surface area contributed by atoms with Crippen molar-refractivity contribution in [3.63, 3.8) is 0 Å². The van der Waals surface area contributed by atoms with E-state index in [-0.39, 0.29) is 18.0 Å². The van der Waals surface area contributed by atoms with Gasteiger partial charge in [0.2, 0.25) is 0 Å². The van der Waals surface area contributed by atoms with Crippen molar-refractivity contribution in [1.82, 2.24) is 9.55 Å². The highest BCUT2D eigenvalue weighted by Gasteiger charge is 2.24. The van der Waals surface area contributed by atoms with Gasteiger partial charge in [-0.3, -0.25) is 14.2 Å². The molecule has 0 aliphatic heterocycles. The minimum absolute atomic E-state index is 0.0170. The van der Waals surface area contributed by atoms with E-state index in [1.807, 2.05) is 13.8 Å². The summed E-state index contributed by atoms with van der Waals surface area (Å²) in [5.74, 6) is -0.435. The van der Waals surface area contributed by atoms with Crippen LogP contribution in [0, 0.1) is 0 Å². The molecule has 2 aromatic heterocycles. The molecule has 2 aromatic rings. The maximum atomic E-state index is 12.7. The van der Waals surface area contributed by atoms with Crippen LogP contribution in [0.3, 0.4) is 0 Å². The van der Waals surface area contributed by atoms with Crippen LogP contribution in [0.4, 0.5) is 0 Å². The van der Waals surface area contributed by atoms with Crippen molar-refractivity contribution in [2.24, 2.45) is 0 Å². The Morgan fingerprint density at radius 3 is 2.85 bits per heavy atom. The first-order valence-electron chi connectivity index (χ1n) is 6.75. The molecule has 0 saturated carbocycles. The number of fused-ring (bicyclic) bond motifs is 3. The van der Waals surface area contributed by atoms with E-state index in [9.17, 15) is 9.59 Å². The van der Waals surface area contributed by atoms with Gasteiger partial charge in [0.05, 0.1) is 5.39 Å². The number of hydrogen-bond acceptors (Lipinski definition) is 4. The zero-order valence-electron chi connectivity index (χ0n) is 11.5. The lowest BCUT2D eigenvalue weighted by Gasteiger charge is -2.13. The third-order valence-electron chi connectivity index (χ3n) is 3.66. The number of aryl methyl sites for hydroxylation is 2. The molecule has 0 fully saturated rings. The van der Waals surface area contributed by atoms with Gasteiger partial charge in [-0.25, -0.2) is 4.98 Å². The Balaban J connectivity index is 2.33. The van der Waals surface area contributed by atoms with E-state index in [4.69, 9.17) is 5.11 Å². The molecule has 106 valence electrons. The highest BCUT2D eigenvalue weighted by molar-refractivity contribution is 7.18. The van der Waals surface area contributed by atoms with E-state index in [1.54, 1.807) is 11.3 Å². The van der Waals surface area contributed by atoms with Gasteiger partial charge in [0.25, 0.3) is 5.56 Å². The van der Waals surface area contributed by atoms with Crippen molar-refractivity contribution in [3.05, 3.63) is 26.6 Å². The number of thiophene rings is 1. The zero-order chi connectivity index (χ0) is 14.4. The third-order valence-corrected chi connectivity index (χ3v) is 4.85. The second kappa shape index (κ2) is 4.70. The molecule has 6 heteroatoms. The van der Waals surface area contributed by atoms with E-state index in [1.165, 1.54) is 9.44 Å². The van der Waals surface area contributed by atoms with Gasteiger partial charge in [-0.15, -0.1) is 11.3 Å². The first kappa shape index (κ1) is 13.3. The van der Waals surface area contributed by atoms with Crippen LogP contribution >= 0.6 is 11.3 Å². The maximum Gasteiger partial charge on any atom is 0.323 e. The lowest BCUT2D eigenvalue weighted by atomic mass is 10.1. The summed E-state index contributed by atoms with van der Waals surface area (Å²) in [6.45, 7) is 3.53. The molecule has 0 atom stereocenters. The minimum atomic E-state index is -1.01. The molecule has 0 aromatic carbocycles. The van der Waals surface area contributed by atoms with E-state index >= 15 is 0 Å². The van der Waals surface area contributed by atoms with Crippen molar-refractivity contribution in [2.75, 3.05) is 0 Å². The molecule has 3 rings (SSSR count).